The first-order valence-corrected chi connectivity index (χ1v) is 10.3. The van der Waals surface area contributed by atoms with E-state index in [1.54, 1.807) is 24.3 Å². The van der Waals surface area contributed by atoms with Crippen LogP contribution in [-0.4, -0.2) is 116 Å². The summed E-state index contributed by atoms with van der Waals surface area (Å²) in [4.78, 5) is 12.0. The number of aliphatic hydroxyl groups excluding tert-OH is 7. The maximum absolute atomic E-state index is 12.0. The largest absolute Gasteiger partial charge is 0.460 e. The van der Waals surface area contributed by atoms with Crippen LogP contribution in [0.1, 0.15) is 5.56 Å². The van der Waals surface area contributed by atoms with Crippen LogP contribution < -0.4 is 0 Å². The molecule has 3 rings (SSSR count). The lowest BCUT2D eigenvalue weighted by Gasteiger charge is -2.43. The molecule has 2 saturated heterocycles. The number of esters is 1. The van der Waals surface area contributed by atoms with Crippen molar-refractivity contribution < 1.29 is 59.5 Å². The van der Waals surface area contributed by atoms with Crippen molar-refractivity contribution >= 4 is 12.0 Å². The molecule has 2 aliphatic rings. The molecule has 0 radical (unpaired) electrons. The summed E-state index contributed by atoms with van der Waals surface area (Å²) < 4.78 is 21.1. The Morgan fingerprint density at radius 3 is 2.27 bits per heavy atom. The summed E-state index contributed by atoms with van der Waals surface area (Å²) in [5.74, 6) is -3.05. The molecule has 0 saturated carbocycles. The summed E-state index contributed by atoms with van der Waals surface area (Å²) in [5.41, 5.74) is 0.753. The fraction of sp³-hybridized carbons (Fsp3) is 0.571. The second kappa shape index (κ2) is 11.0. The van der Waals surface area contributed by atoms with E-state index in [0.29, 0.717) is 0 Å². The fourth-order valence-corrected chi connectivity index (χ4v) is 3.56. The van der Waals surface area contributed by atoms with E-state index in [2.05, 4.69) is 0 Å². The minimum atomic E-state index is -2.29. The van der Waals surface area contributed by atoms with Gasteiger partial charge in [0.25, 0.3) is 0 Å². The lowest BCUT2D eigenvalue weighted by molar-refractivity contribution is -0.383. The van der Waals surface area contributed by atoms with Gasteiger partial charge in [-0.1, -0.05) is 30.3 Å². The third-order valence-corrected chi connectivity index (χ3v) is 5.49. The third kappa shape index (κ3) is 5.58. The van der Waals surface area contributed by atoms with E-state index in [0.717, 1.165) is 11.6 Å². The zero-order valence-electron chi connectivity index (χ0n) is 17.5. The summed E-state index contributed by atoms with van der Waals surface area (Å²) in [6, 6.07) is 8.93. The Labute approximate surface area is 188 Å². The smallest absolute Gasteiger partial charge is 0.330 e. The number of hydrogen-bond donors (Lipinski definition) is 7. The predicted molar refractivity (Wildman–Crippen MR) is 108 cm³/mol. The van der Waals surface area contributed by atoms with Crippen LogP contribution in [0, 0.1) is 0 Å². The molecule has 0 amide bonds. The van der Waals surface area contributed by atoms with Gasteiger partial charge in [-0.05, 0) is 11.6 Å². The molecule has 33 heavy (non-hydrogen) atoms. The van der Waals surface area contributed by atoms with Gasteiger partial charge in [-0.15, -0.1) is 0 Å². The highest BCUT2D eigenvalue weighted by molar-refractivity contribution is 5.87. The molecule has 1 aromatic carbocycles. The third-order valence-electron chi connectivity index (χ3n) is 5.49. The zero-order chi connectivity index (χ0) is 24.2. The van der Waals surface area contributed by atoms with Gasteiger partial charge in [0.1, 0.15) is 55.9 Å². The summed E-state index contributed by atoms with van der Waals surface area (Å²) in [7, 11) is 0. The molecule has 2 fully saturated rings. The Kier molecular flexibility index (Phi) is 8.53. The first-order chi connectivity index (χ1) is 15.7. The van der Waals surface area contributed by atoms with Gasteiger partial charge in [0.15, 0.2) is 6.29 Å². The second-order valence-electron chi connectivity index (χ2n) is 7.75. The van der Waals surface area contributed by atoms with Gasteiger partial charge in [0.2, 0.25) is 5.79 Å². The Morgan fingerprint density at radius 2 is 1.67 bits per heavy atom. The lowest BCUT2D eigenvalue weighted by atomic mass is 9.99. The molecule has 0 spiro atoms. The molecule has 9 atom stereocenters. The zero-order valence-corrected chi connectivity index (χ0v) is 17.5. The molecule has 184 valence electrons. The van der Waals surface area contributed by atoms with Crippen molar-refractivity contribution in [2.45, 2.75) is 54.8 Å². The van der Waals surface area contributed by atoms with Crippen LogP contribution in [-0.2, 0) is 23.7 Å². The van der Waals surface area contributed by atoms with Crippen molar-refractivity contribution in [2.24, 2.45) is 0 Å². The molecule has 0 bridgehead atoms. The van der Waals surface area contributed by atoms with Crippen molar-refractivity contribution in [1.29, 1.82) is 0 Å². The van der Waals surface area contributed by atoms with Crippen LogP contribution in [0.25, 0.3) is 6.08 Å². The molecule has 0 aliphatic carbocycles. The van der Waals surface area contributed by atoms with Crippen molar-refractivity contribution in [3.8, 4) is 0 Å². The number of benzene rings is 1. The molecule has 12 heteroatoms. The van der Waals surface area contributed by atoms with Crippen LogP contribution in [0.3, 0.4) is 0 Å². The van der Waals surface area contributed by atoms with Gasteiger partial charge in [-0.25, -0.2) is 4.79 Å². The molecular formula is C21H28O12. The number of rotatable bonds is 8. The Morgan fingerprint density at radius 1 is 0.970 bits per heavy atom. The van der Waals surface area contributed by atoms with Gasteiger partial charge in [-0.2, -0.15) is 0 Å². The van der Waals surface area contributed by atoms with Gasteiger partial charge >= 0.3 is 5.97 Å². The monoisotopic (exact) mass is 472 g/mol. The molecule has 2 heterocycles. The van der Waals surface area contributed by atoms with E-state index in [1.165, 1.54) is 6.08 Å². The average Bonchev–Trinajstić information content (AvgIpc) is 3.07. The summed E-state index contributed by atoms with van der Waals surface area (Å²) in [6.07, 6.45) is -10.5. The fourth-order valence-electron chi connectivity index (χ4n) is 3.56. The molecule has 2 aliphatic heterocycles. The maximum atomic E-state index is 12.0. The highest BCUT2D eigenvalue weighted by Gasteiger charge is 2.58. The second-order valence-corrected chi connectivity index (χ2v) is 7.75. The summed E-state index contributed by atoms with van der Waals surface area (Å²) in [6.45, 7) is -2.23. The molecule has 1 aromatic rings. The first kappa shape index (κ1) is 25.6. The Hall–Kier alpha value is -1.97. The van der Waals surface area contributed by atoms with Crippen molar-refractivity contribution in [1.82, 2.24) is 0 Å². The van der Waals surface area contributed by atoms with Gasteiger partial charge in [0, 0.05) is 6.08 Å². The SMILES string of the molecule is O=C(C=Cc1ccccc1)OC[C@H]1O[C@H](O[C@]2(CO)O[C@H](CO)[C@@H](O)[C@@H]2O)[C@H](O)[C@@H](O)[C@@H]1O. The first-order valence-electron chi connectivity index (χ1n) is 10.3. The van der Waals surface area contributed by atoms with E-state index in [9.17, 15) is 40.5 Å². The predicted octanol–water partition coefficient (Wildman–Crippen LogP) is -3.13. The maximum Gasteiger partial charge on any atom is 0.330 e. The highest BCUT2D eigenvalue weighted by atomic mass is 16.8. The van der Waals surface area contributed by atoms with E-state index < -0.39 is 80.6 Å². The van der Waals surface area contributed by atoms with Crippen LogP contribution in [0.4, 0.5) is 0 Å². The van der Waals surface area contributed by atoms with Crippen LogP contribution in [0.15, 0.2) is 36.4 Å². The summed E-state index contributed by atoms with van der Waals surface area (Å²) >= 11 is 0. The van der Waals surface area contributed by atoms with Gasteiger partial charge < -0.3 is 54.7 Å². The van der Waals surface area contributed by atoms with E-state index in [1.807, 2.05) is 6.07 Å². The minimum absolute atomic E-state index is 0.528. The normalized spacial score (nSPS) is 39.1. The lowest BCUT2D eigenvalue weighted by Crippen LogP contribution is -2.62. The number of aliphatic hydroxyl groups is 7. The summed E-state index contributed by atoms with van der Waals surface area (Å²) in [5, 5.41) is 69.8. The van der Waals surface area contributed by atoms with Crippen molar-refractivity contribution in [2.75, 3.05) is 19.8 Å². The van der Waals surface area contributed by atoms with E-state index >= 15 is 0 Å². The molecule has 0 unspecified atom stereocenters. The molecule has 12 nitrogen and oxygen atoms in total. The van der Waals surface area contributed by atoms with Crippen molar-refractivity contribution in [3.05, 3.63) is 42.0 Å². The van der Waals surface area contributed by atoms with Crippen molar-refractivity contribution in [3.63, 3.8) is 0 Å². The van der Waals surface area contributed by atoms with Gasteiger partial charge in [0.05, 0.1) is 6.61 Å². The number of carbonyl (C=O) groups is 1. The quantitative estimate of drug-likeness (QED) is 0.149. The molecule has 7 N–H and O–H groups in total. The topological polar surface area (TPSA) is 196 Å². The Balaban J connectivity index is 1.64. The van der Waals surface area contributed by atoms with E-state index in [4.69, 9.17) is 18.9 Å². The van der Waals surface area contributed by atoms with Crippen LogP contribution in [0.2, 0.25) is 0 Å². The number of ether oxygens (including phenoxy) is 4. The van der Waals surface area contributed by atoms with Gasteiger partial charge in [-0.3, -0.25) is 0 Å². The molecular weight excluding hydrogens is 444 g/mol. The van der Waals surface area contributed by atoms with Crippen LogP contribution in [0.5, 0.6) is 0 Å². The standard InChI is InChI=1S/C21H28O12/c22-8-12-16(26)19(29)21(10-23,32-12)33-20-18(28)17(27)15(25)13(31-20)9-30-14(24)7-6-11-4-2-1-3-5-11/h1-7,12-13,15-20,22-23,25-29H,8-10H2/t12-,13-,15-,16-,17+,18-,19+,20-,21+/m1/s1. The minimum Gasteiger partial charge on any atom is -0.460 e. The number of carbonyl (C=O) groups excluding carboxylic acids is 1. The number of hydrogen-bond acceptors (Lipinski definition) is 12. The molecule has 0 aromatic heterocycles. The average molecular weight is 472 g/mol. The highest BCUT2D eigenvalue weighted by Crippen LogP contribution is 2.36. The van der Waals surface area contributed by atoms with E-state index in [-0.39, 0.29) is 0 Å². The van der Waals surface area contributed by atoms with Crippen LogP contribution >= 0.6 is 0 Å². The Bertz CT molecular complexity index is 804.